The van der Waals surface area contributed by atoms with Crippen molar-refractivity contribution < 1.29 is 14.3 Å². The molecule has 0 aliphatic carbocycles. The highest BCUT2D eigenvalue weighted by atomic mass is 16.5. The van der Waals surface area contributed by atoms with E-state index in [1.807, 2.05) is 6.92 Å². The average Bonchev–Trinajstić information content (AvgIpc) is 2.76. The minimum absolute atomic E-state index is 0.189. The summed E-state index contributed by atoms with van der Waals surface area (Å²) in [7, 11) is 1.32. The Balaban J connectivity index is 1.70. The van der Waals surface area contributed by atoms with Crippen LogP contribution in [0.2, 0.25) is 0 Å². The van der Waals surface area contributed by atoms with Gasteiger partial charge in [-0.15, -0.1) is 0 Å². The number of aryl methyl sites for hydroxylation is 1. The standard InChI is InChI=1S/C21H22N4O5/c1-3-10-25-17-16(19(27)24-21(25)29)11-15(12-23-17)18(26)22-9-8-13-4-6-14(7-5-13)20(28)30-2/h4-7,11-12H,3,8-10H2,1-2H3,(H,22,26)(H,24,27,29). The largest absolute Gasteiger partial charge is 0.465 e. The smallest absolute Gasteiger partial charge is 0.337 e. The van der Waals surface area contributed by atoms with Gasteiger partial charge in [0.1, 0.15) is 5.65 Å². The number of aromatic nitrogens is 3. The zero-order valence-corrected chi connectivity index (χ0v) is 16.7. The number of carbonyl (C=O) groups excluding carboxylic acids is 2. The molecule has 0 saturated carbocycles. The van der Waals surface area contributed by atoms with Crippen LogP contribution in [0.25, 0.3) is 11.0 Å². The first kappa shape index (κ1) is 21.0. The highest BCUT2D eigenvalue weighted by Crippen LogP contribution is 2.09. The van der Waals surface area contributed by atoms with Gasteiger partial charge in [0.05, 0.1) is 23.6 Å². The van der Waals surface area contributed by atoms with Crippen molar-refractivity contribution in [2.24, 2.45) is 0 Å². The van der Waals surface area contributed by atoms with Crippen LogP contribution in [0, 0.1) is 0 Å². The van der Waals surface area contributed by atoms with Crippen LogP contribution in [-0.2, 0) is 17.7 Å². The first-order valence-electron chi connectivity index (χ1n) is 9.53. The van der Waals surface area contributed by atoms with E-state index in [1.165, 1.54) is 23.9 Å². The first-order valence-corrected chi connectivity index (χ1v) is 9.53. The van der Waals surface area contributed by atoms with Gasteiger partial charge in [0.2, 0.25) is 0 Å². The number of aromatic amines is 1. The summed E-state index contributed by atoms with van der Waals surface area (Å²) in [6.07, 6.45) is 2.62. The van der Waals surface area contributed by atoms with Crippen LogP contribution in [0.3, 0.4) is 0 Å². The predicted octanol–water partition coefficient (Wildman–Crippen LogP) is 1.25. The molecule has 3 rings (SSSR count). The van der Waals surface area contributed by atoms with E-state index in [0.29, 0.717) is 31.5 Å². The summed E-state index contributed by atoms with van der Waals surface area (Å²) in [4.78, 5) is 54.5. The number of hydrogen-bond donors (Lipinski definition) is 2. The van der Waals surface area contributed by atoms with Crippen molar-refractivity contribution in [3.05, 3.63) is 74.1 Å². The number of nitrogens with one attached hydrogen (secondary N) is 2. The molecule has 156 valence electrons. The van der Waals surface area contributed by atoms with Crippen LogP contribution in [0.1, 0.15) is 39.6 Å². The van der Waals surface area contributed by atoms with Crippen molar-refractivity contribution in [2.45, 2.75) is 26.3 Å². The summed E-state index contributed by atoms with van der Waals surface area (Å²) >= 11 is 0. The Kier molecular flexibility index (Phi) is 6.41. The maximum Gasteiger partial charge on any atom is 0.337 e. The number of benzene rings is 1. The second-order valence-electron chi connectivity index (χ2n) is 6.70. The third kappa shape index (κ3) is 4.45. The van der Waals surface area contributed by atoms with Crippen molar-refractivity contribution in [1.82, 2.24) is 19.9 Å². The number of pyridine rings is 1. The van der Waals surface area contributed by atoms with E-state index in [1.54, 1.807) is 24.3 Å². The first-order chi connectivity index (χ1) is 14.4. The number of ether oxygens (including phenoxy) is 1. The molecule has 3 aromatic rings. The number of carbonyl (C=O) groups is 2. The number of methoxy groups -OCH3 is 1. The molecule has 0 saturated heterocycles. The summed E-state index contributed by atoms with van der Waals surface area (Å²) in [5.41, 5.74) is 0.801. The SMILES string of the molecule is CCCn1c(=O)[nH]c(=O)c2cc(C(=O)NCCc3ccc(C(=O)OC)cc3)cnc21. The van der Waals surface area contributed by atoms with Gasteiger partial charge in [-0.05, 0) is 36.6 Å². The second kappa shape index (κ2) is 9.17. The van der Waals surface area contributed by atoms with Crippen molar-refractivity contribution in [2.75, 3.05) is 13.7 Å². The lowest BCUT2D eigenvalue weighted by Gasteiger charge is -2.09. The van der Waals surface area contributed by atoms with Crippen LogP contribution in [-0.4, -0.2) is 40.1 Å². The fraction of sp³-hybridized carbons (Fsp3) is 0.286. The second-order valence-corrected chi connectivity index (χ2v) is 6.70. The van der Waals surface area contributed by atoms with Crippen LogP contribution in [0.4, 0.5) is 0 Å². The Morgan fingerprint density at radius 3 is 2.57 bits per heavy atom. The van der Waals surface area contributed by atoms with E-state index >= 15 is 0 Å². The monoisotopic (exact) mass is 410 g/mol. The lowest BCUT2D eigenvalue weighted by atomic mass is 10.1. The van der Waals surface area contributed by atoms with E-state index in [4.69, 9.17) is 0 Å². The average molecular weight is 410 g/mol. The van der Waals surface area contributed by atoms with Crippen LogP contribution in [0.5, 0.6) is 0 Å². The number of hydrogen-bond acceptors (Lipinski definition) is 6. The molecule has 0 bridgehead atoms. The van der Waals surface area contributed by atoms with Gasteiger partial charge in [0.15, 0.2) is 0 Å². The quantitative estimate of drug-likeness (QED) is 0.565. The topological polar surface area (TPSA) is 123 Å². The van der Waals surface area contributed by atoms with Gasteiger partial charge < -0.3 is 10.1 Å². The number of nitrogens with zero attached hydrogens (tertiary/aromatic N) is 2. The van der Waals surface area contributed by atoms with Gasteiger partial charge in [-0.3, -0.25) is 19.1 Å². The maximum absolute atomic E-state index is 12.5. The zero-order valence-electron chi connectivity index (χ0n) is 16.7. The number of rotatable bonds is 7. The molecule has 0 atom stereocenters. The highest BCUT2D eigenvalue weighted by Gasteiger charge is 2.13. The number of fused-ring (bicyclic) bond motifs is 1. The van der Waals surface area contributed by atoms with Crippen LogP contribution in [0.15, 0.2) is 46.1 Å². The number of esters is 1. The van der Waals surface area contributed by atoms with Gasteiger partial charge in [0.25, 0.3) is 11.5 Å². The van der Waals surface area contributed by atoms with Crippen molar-refractivity contribution in [3.63, 3.8) is 0 Å². The summed E-state index contributed by atoms with van der Waals surface area (Å²) in [5, 5.41) is 2.97. The molecule has 0 unspecified atom stereocenters. The minimum Gasteiger partial charge on any atom is -0.465 e. The van der Waals surface area contributed by atoms with E-state index in [9.17, 15) is 19.2 Å². The van der Waals surface area contributed by atoms with Gasteiger partial charge >= 0.3 is 11.7 Å². The Hall–Kier alpha value is -3.75. The lowest BCUT2D eigenvalue weighted by Crippen LogP contribution is -2.31. The molecule has 2 aromatic heterocycles. The fourth-order valence-corrected chi connectivity index (χ4v) is 3.07. The van der Waals surface area contributed by atoms with Crippen molar-refractivity contribution >= 4 is 22.9 Å². The summed E-state index contributed by atoms with van der Waals surface area (Å²) < 4.78 is 6.04. The van der Waals surface area contributed by atoms with Crippen LogP contribution < -0.4 is 16.6 Å². The Bertz CT molecular complexity index is 1190. The Labute approximate surface area is 171 Å². The molecule has 30 heavy (non-hydrogen) atoms. The molecule has 9 heteroatoms. The molecule has 0 aliphatic heterocycles. The number of H-pyrrole nitrogens is 1. The van der Waals surface area contributed by atoms with Gasteiger partial charge in [0, 0.05) is 19.3 Å². The normalized spacial score (nSPS) is 10.7. The minimum atomic E-state index is -0.574. The maximum atomic E-state index is 12.5. The van der Waals surface area contributed by atoms with Gasteiger partial charge in [-0.1, -0.05) is 19.1 Å². The molecular formula is C21H22N4O5. The zero-order chi connectivity index (χ0) is 21.7. The molecule has 9 nitrogen and oxygen atoms in total. The van der Waals surface area contributed by atoms with Crippen molar-refractivity contribution in [1.29, 1.82) is 0 Å². The number of amides is 1. The highest BCUT2D eigenvalue weighted by molar-refractivity contribution is 5.96. The van der Waals surface area contributed by atoms with E-state index in [2.05, 4.69) is 20.0 Å². The molecule has 1 amide bonds. The molecule has 0 fully saturated rings. The fourth-order valence-electron chi connectivity index (χ4n) is 3.07. The third-order valence-electron chi connectivity index (χ3n) is 4.62. The van der Waals surface area contributed by atoms with E-state index in [-0.39, 0.29) is 22.5 Å². The summed E-state index contributed by atoms with van der Waals surface area (Å²) in [5.74, 6) is -0.777. The molecule has 0 spiro atoms. The van der Waals surface area contributed by atoms with E-state index in [0.717, 1.165) is 5.56 Å². The molecule has 0 radical (unpaired) electrons. The lowest BCUT2D eigenvalue weighted by molar-refractivity contribution is 0.0600. The third-order valence-corrected chi connectivity index (χ3v) is 4.62. The van der Waals surface area contributed by atoms with Gasteiger partial charge in [-0.25, -0.2) is 14.6 Å². The van der Waals surface area contributed by atoms with Crippen molar-refractivity contribution in [3.8, 4) is 0 Å². The summed E-state index contributed by atoms with van der Waals surface area (Å²) in [6.45, 7) is 2.69. The molecular weight excluding hydrogens is 388 g/mol. The van der Waals surface area contributed by atoms with E-state index < -0.39 is 17.2 Å². The molecule has 2 heterocycles. The Morgan fingerprint density at radius 2 is 1.90 bits per heavy atom. The molecule has 2 N–H and O–H groups in total. The Morgan fingerprint density at radius 1 is 1.17 bits per heavy atom. The van der Waals surface area contributed by atoms with Crippen LogP contribution >= 0.6 is 0 Å². The van der Waals surface area contributed by atoms with Gasteiger partial charge in [-0.2, -0.15) is 0 Å². The predicted molar refractivity (Wildman–Crippen MR) is 111 cm³/mol. The summed E-state index contributed by atoms with van der Waals surface area (Å²) in [6, 6.07) is 8.36. The molecule has 0 aliphatic rings. The molecule has 1 aromatic carbocycles.